The molecule has 6 nitrogen and oxygen atoms in total. The normalized spacial score (nSPS) is 15.9. The van der Waals surface area contributed by atoms with Crippen molar-refractivity contribution in [1.82, 2.24) is 19.9 Å². The molecular weight excluding hydrogens is 307 g/mol. The van der Waals surface area contributed by atoms with E-state index in [0.29, 0.717) is 11.9 Å². The number of anilines is 2. The van der Waals surface area contributed by atoms with E-state index in [9.17, 15) is 4.39 Å². The Morgan fingerprint density at radius 1 is 1.17 bits per heavy atom. The van der Waals surface area contributed by atoms with Crippen LogP contribution in [0.4, 0.5) is 15.9 Å². The first-order valence-corrected chi connectivity index (χ1v) is 8.02. The third-order valence-corrected chi connectivity index (χ3v) is 4.65. The lowest BCUT2D eigenvalue weighted by Gasteiger charge is -2.24. The van der Waals surface area contributed by atoms with Gasteiger partial charge in [0.05, 0.1) is 11.1 Å². The zero-order valence-electron chi connectivity index (χ0n) is 13.2. The highest BCUT2D eigenvalue weighted by molar-refractivity contribution is 6.00. The monoisotopic (exact) mass is 326 g/mol. The molecule has 0 spiro atoms. The quantitative estimate of drug-likeness (QED) is 0.628. The van der Waals surface area contributed by atoms with Crippen molar-refractivity contribution in [3.63, 3.8) is 0 Å². The van der Waals surface area contributed by atoms with Gasteiger partial charge in [0.1, 0.15) is 23.6 Å². The van der Waals surface area contributed by atoms with Gasteiger partial charge >= 0.3 is 0 Å². The van der Waals surface area contributed by atoms with Crippen LogP contribution in [0.15, 0.2) is 30.7 Å². The predicted molar refractivity (Wildman–Crippen MR) is 92.9 cm³/mol. The summed E-state index contributed by atoms with van der Waals surface area (Å²) in [5.74, 6) is -0.0365. The van der Waals surface area contributed by atoms with Crippen LogP contribution in [0.1, 0.15) is 18.9 Å². The highest BCUT2D eigenvalue weighted by Gasteiger charge is 2.22. The van der Waals surface area contributed by atoms with Crippen molar-refractivity contribution >= 4 is 22.5 Å². The van der Waals surface area contributed by atoms with Gasteiger partial charge in [-0.1, -0.05) is 6.07 Å². The Balaban J connectivity index is 1.93. The summed E-state index contributed by atoms with van der Waals surface area (Å²) in [7, 11) is 0. The molecule has 0 saturated carbocycles. The minimum atomic E-state index is -0.439. The maximum Gasteiger partial charge on any atom is 0.146 e. The second kappa shape index (κ2) is 5.76. The largest absolute Gasteiger partial charge is 0.396 e. The molecule has 3 aromatic rings. The first-order valence-electron chi connectivity index (χ1n) is 8.02. The van der Waals surface area contributed by atoms with E-state index in [-0.39, 0.29) is 5.69 Å². The summed E-state index contributed by atoms with van der Waals surface area (Å²) in [6, 6.07) is 5.14. The number of aromatic nitrogens is 3. The van der Waals surface area contributed by atoms with Crippen molar-refractivity contribution in [3.05, 3.63) is 36.5 Å². The Bertz CT molecular complexity index is 897. The Kier molecular flexibility index (Phi) is 3.57. The number of halogens is 1. The minimum Gasteiger partial charge on any atom is -0.396 e. The fraction of sp³-hybridized carbons (Fsp3) is 0.294. The van der Waals surface area contributed by atoms with Crippen LogP contribution in [0.5, 0.6) is 0 Å². The first kappa shape index (κ1) is 14.9. The van der Waals surface area contributed by atoms with Gasteiger partial charge in [0.15, 0.2) is 0 Å². The summed E-state index contributed by atoms with van der Waals surface area (Å²) in [6.45, 7) is 1.94. The van der Waals surface area contributed by atoms with Crippen molar-refractivity contribution < 1.29 is 4.39 Å². The summed E-state index contributed by atoms with van der Waals surface area (Å²) >= 11 is 0. The zero-order valence-corrected chi connectivity index (χ0v) is 13.2. The molecule has 1 aliphatic heterocycles. The first-order chi connectivity index (χ1) is 11.6. The van der Waals surface area contributed by atoms with E-state index in [4.69, 9.17) is 11.5 Å². The highest BCUT2D eigenvalue weighted by Crippen LogP contribution is 2.36. The summed E-state index contributed by atoms with van der Waals surface area (Å²) in [5, 5.41) is 4.13. The second-order valence-electron chi connectivity index (χ2n) is 6.13. The van der Waals surface area contributed by atoms with E-state index in [2.05, 4.69) is 19.9 Å². The minimum absolute atomic E-state index is 0.130. The molecule has 0 unspecified atom stereocenters. The van der Waals surface area contributed by atoms with E-state index in [1.807, 2.05) is 6.20 Å². The van der Waals surface area contributed by atoms with Crippen molar-refractivity contribution in [2.45, 2.75) is 18.9 Å². The molecule has 0 aliphatic carbocycles. The van der Waals surface area contributed by atoms with Gasteiger partial charge < -0.3 is 21.4 Å². The Labute approximate surface area is 138 Å². The van der Waals surface area contributed by atoms with Crippen molar-refractivity contribution in [3.8, 4) is 11.1 Å². The highest BCUT2D eigenvalue weighted by atomic mass is 19.1. The molecule has 5 N–H and O–H groups in total. The van der Waals surface area contributed by atoms with Crippen molar-refractivity contribution in [2.24, 2.45) is 0 Å². The Hall–Kier alpha value is -2.67. The van der Waals surface area contributed by atoms with Crippen LogP contribution in [-0.2, 0) is 0 Å². The standard InChI is InChI=1S/C17H19FN6/c18-13-7-10(1-2-14(13)19)12-8-24(11-3-5-21-6-4-11)17-15(12)16(20)22-9-23-17/h1-2,7-9,11,21H,3-6,19H2,(H2,20,22,23). The van der Waals surface area contributed by atoms with E-state index < -0.39 is 5.82 Å². The lowest BCUT2D eigenvalue weighted by molar-refractivity contribution is 0.375. The third kappa shape index (κ3) is 2.37. The molecular formula is C17H19FN6. The fourth-order valence-electron chi connectivity index (χ4n) is 3.39. The molecule has 0 atom stereocenters. The molecule has 4 rings (SSSR count). The molecule has 7 heteroatoms. The van der Waals surface area contributed by atoms with E-state index in [0.717, 1.165) is 48.1 Å². The number of hydrogen-bond acceptors (Lipinski definition) is 5. The van der Waals surface area contributed by atoms with Crippen LogP contribution in [0, 0.1) is 5.82 Å². The molecule has 0 bridgehead atoms. The molecule has 0 amide bonds. The summed E-state index contributed by atoms with van der Waals surface area (Å²) < 4.78 is 16.1. The smallest absolute Gasteiger partial charge is 0.146 e. The van der Waals surface area contributed by atoms with Gasteiger partial charge in [-0.2, -0.15) is 0 Å². The Morgan fingerprint density at radius 2 is 1.96 bits per heavy atom. The topological polar surface area (TPSA) is 94.8 Å². The molecule has 24 heavy (non-hydrogen) atoms. The van der Waals surface area contributed by atoms with Gasteiger partial charge in [0.2, 0.25) is 0 Å². The van der Waals surface area contributed by atoms with E-state index in [1.165, 1.54) is 12.4 Å². The SMILES string of the molecule is Nc1ccc(-c2cn(C3CCNCC3)c3ncnc(N)c23)cc1F. The van der Waals surface area contributed by atoms with Crippen LogP contribution >= 0.6 is 0 Å². The van der Waals surface area contributed by atoms with Crippen molar-refractivity contribution in [2.75, 3.05) is 24.6 Å². The fourth-order valence-corrected chi connectivity index (χ4v) is 3.39. The van der Waals surface area contributed by atoms with Gasteiger partial charge in [-0.3, -0.25) is 0 Å². The van der Waals surface area contributed by atoms with Crippen LogP contribution < -0.4 is 16.8 Å². The third-order valence-electron chi connectivity index (χ3n) is 4.65. The van der Waals surface area contributed by atoms with Gasteiger partial charge in [0.25, 0.3) is 0 Å². The maximum atomic E-state index is 13.9. The number of nitrogens with zero attached hydrogens (tertiary/aromatic N) is 3. The molecule has 1 saturated heterocycles. The molecule has 0 radical (unpaired) electrons. The molecule has 1 aliphatic rings. The number of nitrogens with two attached hydrogens (primary N) is 2. The van der Waals surface area contributed by atoms with Crippen molar-refractivity contribution in [1.29, 1.82) is 0 Å². The molecule has 124 valence electrons. The number of nitrogen functional groups attached to an aromatic ring is 2. The van der Waals surface area contributed by atoms with Crippen LogP contribution in [0.2, 0.25) is 0 Å². The molecule has 1 aromatic carbocycles. The zero-order chi connectivity index (χ0) is 16.7. The molecule has 2 aromatic heterocycles. The lowest BCUT2D eigenvalue weighted by atomic mass is 10.1. The van der Waals surface area contributed by atoms with E-state index in [1.54, 1.807) is 12.1 Å². The maximum absolute atomic E-state index is 13.9. The summed E-state index contributed by atoms with van der Waals surface area (Å²) in [5.41, 5.74) is 14.2. The van der Waals surface area contributed by atoms with Gasteiger partial charge in [0, 0.05) is 17.8 Å². The number of hydrogen-bond donors (Lipinski definition) is 3. The molecule has 1 fully saturated rings. The van der Waals surface area contributed by atoms with Gasteiger partial charge in [-0.25, -0.2) is 14.4 Å². The second-order valence-corrected chi connectivity index (χ2v) is 6.13. The van der Waals surface area contributed by atoms with E-state index >= 15 is 0 Å². The number of rotatable bonds is 2. The van der Waals surface area contributed by atoms with Crippen LogP contribution in [-0.4, -0.2) is 27.6 Å². The van der Waals surface area contributed by atoms with Crippen LogP contribution in [0.25, 0.3) is 22.2 Å². The number of piperidine rings is 1. The number of fused-ring (bicyclic) bond motifs is 1. The Morgan fingerprint density at radius 3 is 2.71 bits per heavy atom. The predicted octanol–water partition coefficient (Wildman–Crippen LogP) is 2.33. The number of benzene rings is 1. The number of nitrogens with one attached hydrogen (secondary N) is 1. The van der Waals surface area contributed by atoms with Gasteiger partial charge in [-0.05, 0) is 43.6 Å². The summed E-state index contributed by atoms with van der Waals surface area (Å²) in [4.78, 5) is 8.55. The lowest BCUT2D eigenvalue weighted by Crippen LogP contribution is -2.29. The summed E-state index contributed by atoms with van der Waals surface area (Å²) in [6.07, 6.45) is 5.52. The van der Waals surface area contributed by atoms with Gasteiger partial charge in [-0.15, -0.1) is 0 Å². The molecule has 3 heterocycles. The average Bonchev–Trinajstić information content (AvgIpc) is 2.99. The van der Waals surface area contributed by atoms with Crippen LogP contribution in [0.3, 0.4) is 0 Å². The average molecular weight is 326 g/mol.